The lowest BCUT2D eigenvalue weighted by Gasteiger charge is -2.40. The van der Waals surface area contributed by atoms with E-state index in [0.717, 1.165) is 16.4 Å². The van der Waals surface area contributed by atoms with Crippen molar-refractivity contribution < 1.29 is 24.5 Å². The van der Waals surface area contributed by atoms with Gasteiger partial charge in [0.25, 0.3) is 0 Å². The van der Waals surface area contributed by atoms with Gasteiger partial charge in [0.1, 0.15) is 18.0 Å². The molecule has 32 heavy (non-hydrogen) atoms. The highest BCUT2D eigenvalue weighted by atomic mass is 127. The van der Waals surface area contributed by atoms with E-state index >= 15 is 0 Å². The standard InChI is InChI=1S/C24H31IN2O5/c1-2-3-8-22(29)27(15-16-9-10-16)19-13-17(24(31)26-11-12-28)14-21(23(19)30)32-20-7-5-4-6-18(20)25/h2,4-7,14,16,19,21,23,28,30H,1,3,8-13,15H2,(H,26,31)/t19-,21+,23+/m1/s1. The van der Waals surface area contributed by atoms with E-state index in [1.807, 2.05) is 24.3 Å². The maximum atomic E-state index is 13.0. The maximum Gasteiger partial charge on any atom is 0.247 e. The molecule has 0 bridgehead atoms. The number of para-hydroxylation sites is 1. The van der Waals surface area contributed by atoms with Gasteiger partial charge in [0.05, 0.1) is 16.2 Å². The van der Waals surface area contributed by atoms with Crippen molar-refractivity contribution in [3.05, 3.63) is 52.1 Å². The molecule has 3 rings (SSSR count). The SMILES string of the molecule is C=CCCC(=O)N(CC1CC1)[C@@H]1CC(C(=O)NCCO)=C[C@H](Oc2ccccc2I)[C@H]1O. The molecule has 8 heteroatoms. The zero-order valence-electron chi connectivity index (χ0n) is 18.1. The number of benzene rings is 1. The van der Waals surface area contributed by atoms with Gasteiger partial charge < -0.3 is 25.2 Å². The number of rotatable bonds is 11. The zero-order chi connectivity index (χ0) is 23.1. The molecule has 0 saturated heterocycles. The maximum absolute atomic E-state index is 13.0. The van der Waals surface area contributed by atoms with Gasteiger partial charge in [-0.15, -0.1) is 6.58 Å². The molecule has 7 nitrogen and oxygen atoms in total. The van der Waals surface area contributed by atoms with E-state index in [9.17, 15) is 14.7 Å². The summed E-state index contributed by atoms with van der Waals surface area (Å²) in [5.41, 5.74) is 0.446. The second-order valence-electron chi connectivity index (χ2n) is 8.26. The Morgan fingerprint density at radius 3 is 2.72 bits per heavy atom. The molecule has 0 heterocycles. The van der Waals surface area contributed by atoms with Crippen molar-refractivity contribution in [3.8, 4) is 5.75 Å². The molecule has 1 aromatic carbocycles. The Morgan fingerprint density at radius 2 is 2.06 bits per heavy atom. The summed E-state index contributed by atoms with van der Waals surface area (Å²) in [6.45, 7) is 4.24. The first kappa shape index (κ1) is 24.7. The molecule has 0 radical (unpaired) electrons. The summed E-state index contributed by atoms with van der Waals surface area (Å²) < 4.78 is 7.01. The van der Waals surface area contributed by atoms with Crippen molar-refractivity contribution in [3.63, 3.8) is 0 Å². The molecule has 1 aromatic rings. The Morgan fingerprint density at radius 1 is 1.31 bits per heavy atom. The molecule has 0 aromatic heterocycles. The fourth-order valence-electron chi connectivity index (χ4n) is 3.84. The van der Waals surface area contributed by atoms with Gasteiger partial charge in [-0.05, 0) is 66.0 Å². The van der Waals surface area contributed by atoms with Crippen LogP contribution < -0.4 is 10.1 Å². The Hall–Kier alpha value is -1.91. The molecule has 3 atom stereocenters. The predicted octanol–water partition coefficient (Wildman–Crippen LogP) is 2.41. The van der Waals surface area contributed by atoms with Gasteiger partial charge in [0.2, 0.25) is 11.8 Å². The molecule has 0 spiro atoms. The summed E-state index contributed by atoms with van der Waals surface area (Å²) in [5.74, 6) is 0.668. The van der Waals surface area contributed by atoms with Crippen LogP contribution >= 0.6 is 22.6 Å². The molecule has 2 aliphatic rings. The minimum absolute atomic E-state index is 0.0501. The number of nitrogens with one attached hydrogen (secondary N) is 1. The van der Waals surface area contributed by atoms with Crippen LogP contribution in [-0.2, 0) is 9.59 Å². The normalized spacial score (nSPS) is 22.6. The lowest BCUT2D eigenvalue weighted by molar-refractivity contribution is -0.138. The van der Waals surface area contributed by atoms with E-state index in [-0.39, 0.29) is 31.4 Å². The number of hydrogen-bond donors (Lipinski definition) is 3. The van der Waals surface area contributed by atoms with Crippen LogP contribution in [0.15, 0.2) is 48.6 Å². The quantitative estimate of drug-likeness (QED) is 0.289. The van der Waals surface area contributed by atoms with Crippen LogP contribution in [-0.4, -0.2) is 64.9 Å². The van der Waals surface area contributed by atoms with Gasteiger partial charge in [0.15, 0.2) is 0 Å². The second-order valence-corrected chi connectivity index (χ2v) is 9.43. The summed E-state index contributed by atoms with van der Waals surface area (Å²) >= 11 is 2.16. The van der Waals surface area contributed by atoms with Crippen LogP contribution in [0.4, 0.5) is 0 Å². The Labute approximate surface area is 202 Å². The molecule has 1 fully saturated rings. The minimum Gasteiger partial charge on any atom is -0.482 e. The van der Waals surface area contributed by atoms with Crippen molar-refractivity contribution in [2.75, 3.05) is 19.7 Å². The van der Waals surface area contributed by atoms with Gasteiger partial charge in [-0.25, -0.2) is 0 Å². The van der Waals surface area contributed by atoms with E-state index in [1.54, 1.807) is 17.1 Å². The van der Waals surface area contributed by atoms with Crippen LogP contribution in [0, 0.1) is 9.49 Å². The number of hydrogen-bond acceptors (Lipinski definition) is 5. The molecule has 174 valence electrons. The fourth-order valence-corrected chi connectivity index (χ4v) is 4.35. The third kappa shape index (κ3) is 6.55. The molecule has 1 saturated carbocycles. The Kier molecular flexibility index (Phi) is 9.12. The van der Waals surface area contributed by atoms with Crippen molar-refractivity contribution in [1.29, 1.82) is 0 Å². The number of ether oxygens (including phenoxy) is 1. The number of aliphatic hydroxyl groups excluding tert-OH is 2. The first-order chi connectivity index (χ1) is 15.4. The monoisotopic (exact) mass is 554 g/mol. The number of carbonyl (C=O) groups is 2. The minimum atomic E-state index is -0.980. The van der Waals surface area contributed by atoms with E-state index in [0.29, 0.717) is 36.6 Å². The van der Waals surface area contributed by atoms with Crippen molar-refractivity contribution >= 4 is 34.4 Å². The Bertz CT molecular complexity index is 855. The first-order valence-electron chi connectivity index (χ1n) is 11.0. The van der Waals surface area contributed by atoms with E-state index in [4.69, 9.17) is 9.84 Å². The highest BCUT2D eigenvalue weighted by molar-refractivity contribution is 14.1. The van der Waals surface area contributed by atoms with Gasteiger partial charge in [-0.2, -0.15) is 0 Å². The summed E-state index contributed by atoms with van der Waals surface area (Å²) in [6.07, 6.45) is 4.83. The highest BCUT2D eigenvalue weighted by Crippen LogP contribution is 2.34. The largest absolute Gasteiger partial charge is 0.482 e. The highest BCUT2D eigenvalue weighted by Gasteiger charge is 2.42. The third-order valence-electron chi connectivity index (χ3n) is 5.75. The molecule has 2 aliphatic carbocycles. The Balaban J connectivity index is 1.89. The molecule has 2 amide bonds. The number of halogens is 1. The van der Waals surface area contributed by atoms with Crippen LogP contribution in [0.25, 0.3) is 0 Å². The number of allylic oxidation sites excluding steroid dienone is 1. The summed E-state index contributed by atoms with van der Waals surface area (Å²) in [5, 5.41) is 23.0. The average Bonchev–Trinajstić information content (AvgIpc) is 3.61. The van der Waals surface area contributed by atoms with Crippen LogP contribution in [0.3, 0.4) is 0 Å². The second kappa shape index (κ2) is 11.8. The van der Waals surface area contributed by atoms with Gasteiger partial charge in [-0.1, -0.05) is 18.2 Å². The molecule has 0 unspecified atom stereocenters. The molecule has 3 N–H and O–H groups in total. The van der Waals surface area contributed by atoms with Crippen LogP contribution in [0.2, 0.25) is 0 Å². The number of carbonyl (C=O) groups excluding carboxylic acids is 2. The lowest BCUT2D eigenvalue weighted by Crippen LogP contribution is -2.55. The van der Waals surface area contributed by atoms with Crippen molar-refractivity contribution in [2.45, 2.75) is 50.4 Å². The lowest BCUT2D eigenvalue weighted by atomic mass is 9.87. The zero-order valence-corrected chi connectivity index (χ0v) is 20.2. The first-order valence-corrected chi connectivity index (χ1v) is 12.1. The van der Waals surface area contributed by atoms with Crippen molar-refractivity contribution in [2.24, 2.45) is 5.92 Å². The van der Waals surface area contributed by atoms with Gasteiger partial charge in [0, 0.05) is 31.5 Å². The topological polar surface area (TPSA) is 99.1 Å². The van der Waals surface area contributed by atoms with Crippen LogP contribution in [0.1, 0.15) is 32.1 Å². The third-order valence-corrected chi connectivity index (χ3v) is 6.64. The van der Waals surface area contributed by atoms with E-state index < -0.39 is 18.2 Å². The van der Waals surface area contributed by atoms with E-state index in [2.05, 4.69) is 34.5 Å². The number of amides is 2. The summed E-state index contributed by atoms with van der Waals surface area (Å²) in [6, 6.07) is 6.89. The van der Waals surface area contributed by atoms with E-state index in [1.165, 1.54) is 0 Å². The predicted molar refractivity (Wildman–Crippen MR) is 130 cm³/mol. The van der Waals surface area contributed by atoms with Gasteiger partial charge >= 0.3 is 0 Å². The summed E-state index contributed by atoms with van der Waals surface area (Å²) in [4.78, 5) is 27.5. The summed E-state index contributed by atoms with van der Waals surface area (Å²) in [7, 11) is 0. The smallest absolute Gasteiger partial charge is 0.247 e. The molecular weight excluding hydrogens is 523 g/mol. The molecule has 0 aliphatic heterocycles. The fraction of sp³-hybridized carbons (Fsp3) is 0.500. The van der Waals surface area contributed by atoms with Crippen LogP contribution in [0.5, 0.6) is 5.75 Å². The molecular formula is C24H31IN2O5. The van der Waals surface area contributed by atoms with Crippen molar-refractivity contribution in [1.82, 2.24) is 10.2 Å². The number of aliphatic hydroxyl groups is 2. The average molecular weight is 554 g/mol. The number of nitrogens with zero attached hydrogens (tertiary/aromatic N) is 1. The van der Waals surface area contributed by atoms with Gasteiger partial charge in [-0.3, -0.25) is 9.59 Å².